The van der Waals surface area contributed by atoms with Crippen molar-refractivity contribution in [2.75, 3.05) is 18.4 Å². The van der Waals surface area contributed by atoms with Crippen molar-refractivity contribution < 1.29 is 18.4 Å². The highest BCUT2D eigenvalue weighted by Crippen LogP contribution is 2.19. The van der Waals surface area contributed by atoms with Crippen molar-refractivity contribution in [1.82, 2.24) is 5.32 Å². The average Bonchev–Trinajstić information content (AvgIpc) is 2.32. The van der Waals surface area contributed by atoms with Crippen LogP contribution in [0.2, 0.25) is 0 Å². The summed E-state index contributed by atoms with van der Waals surface area (Å²) in [7, 11) is 0. The van der Waals surface area contributed by atoms with Crippen LogP contribution in [0.5, 0.6) is 0 Å². The molecular weight excluding hydrogens is 256 g/mol. The maximum absolute atomic E-state index is 13.4. The summed E-state index contributed by atoms with van der Waals surface area (Å²) in [6, 6.07) is 1.32. The lowest BCUT2D eigenvalue weighted by Gasteiger charge is -2.08. The fraction of sp³-hybridized carbons (Fsp3) is 0.167. The van der Waals surface area contributed by atoms with Gasteiger partial charge in [0.05, 0.1) is 24.3 Å². The number of halogens is 2. The summed E-state index contributed by atoms with van der Waals surface area (Å²) in [6.07, 6.45) is 4.96. The zero-order valence-electron chi connectivity index (χ0n) is 9.80. The molecule has 2 amide bonds. The normalized spacial score (nSPS) is 9.74. The van der Waals surface area contributed by atoms with Gasteiger partial charge in [-0.3, -0.25) is 14.9 Å². The number of anilines is 1. The number of primary amides is 1. The number of amides is 2. The summed E-state index contributed by atoms with van der Waals surface area (Å²) in [5.74, 6) is -1.49. The Balaban J connectivity index is 2.84. The van der Waals surface area contributed by atoms with Crippen molar-refractivity contribution in [3.8, 4) is 12.3 Å². The van der Waals surface area contributed by atoms with Gasteiger partial charge in [-0.25, -0.2) is 8.78 Å². The van der Waals surface area contributed by atoms with Gasteiger partial charge in [-0.05, 0) is 6.07 Å². The number of hydrogen-bond donors (Lipinski definition) is 3. The fourth-order valence-electron chi connectivity index (χ4n) is 1.28. The Morgan fingerprint density at radius 1 is 1.32 bits per heavy atom. The number of nitrogens with two attached hydrogens (primary N) is 1. The van der Waals surface area contributed by atoms with Gasteiger partial charge in [-0.15, -0.1) is 6.42 Å². The van der Waals surface area contributed by atoms with Crippen LogP contribution >= 0.6 is 0 Å². The Hall–Kier alpha value is -2.46. The van der Waals surface area contributed by atoms with Crippen LogP contribution < -0.4 is 16.4 Å². The van der Waals surface area contributed by atoms with Crippen molar-refractivity contribution in [2.45, 2.75) is 0 Å². The van der Waals surface area contributed by atoms with E-state index in [1.54, 1.807) is 0 Å². The molecule has 5 nitrogen and oxygen atoms in total. The fourth-order valence-corrected chi connectivity index (χ4v) is 1.28. The minimum absolute atomic E-state index is 0.146. The number of carbonyl (C=O) groups is 2. The molecule has 19 heavy (non-hydrogen) atoms. The number of nitrogens with one attached hydrogen (secondary N) is 2. The largest absolute Gasteiger partial charge is 0.366 e. The van der Waals surface area contributed by atoms with Gasteiger partial charge >= 0.3 is 0 Å². The van der Waals surface area contributed by atoms with Crippen LogP contribution in [-0.2, 0) is 4.79 Å². The zero-order valence-corrected chi connectivity index (χ0v) is 9.80. The Labute approximate surface area is 108 Å². The molecule has 0 aliphatic rings. The summed E-state index contributed by atoms with van der Waals surface area (Å²) < 4.78 is 26.6. The first-order chi connectivity index (χ1) is 8.95. The first-order valence-electron chi connectivity index (χ1n) is 5.18. The highest BCUT2D eigenvalue weighted by molar-refractivity contribution is 5.97. The van der Waals surface area contributed by atoms with E-state index in [0.717, 1.165) is 6.07 Å². The maximum Gasteiger partial charge on any atom is 0.251 e. The van der Waals surface area contributed by atoms with Gasteiger partial charge < -0.3 is 11.1 Å². The van der Waals surface area contributed by atoms with Crippen LogP contribution in [0.3, 0.4) is 0 Å². The Morgan fingerprint density at radius 3 is 2.58 bits per heavy atom. The molecule has 4 N–H and O–H groups in total. The predicted octanol–water partition coefficient (Wildman–Crippen LogP) is 0.225. The Bertz CT molecular complexity index is 553. The molecule has 0 aliphatic heterocycles. The van der Waals surface area contributed by atoms with Crippen LogP contribution in [0.25, 0.3) is 0 Å². The van der Waals surface area contributed by atoms with E-state index in [1.807, 2.05) is 0 Å². The van der Waals surface area contributed by atoms with E-state index < -0.39 is 29.0 Å². The van der Waals surface area contributed by atoms with E-state index in [2.05, 4.69) is 16.6 Å². The third-order valence-corrected chi connectivity index (χ3v) is 2.11. The molecular formula is C12H11F2N3O2. The lowest BCUT2D eigenvalue weighted by molar-refractivity contribution is -0.115. The summed E-state index contributed by atoms with van der Waals surface area (Å²) >= 11 is 0. The topological polar surface area (TPSA) is 84.2 Å². The number of carbonyl (C=O) groups excluding carboxylic acids is 2. The number of benzene rings is 1. The minimum atomic E-state index is -1.09. The highest BCUT2D eigenvalue weighted by Gasteiger charge is 2.15. The molecule has 0 atom stereocenters. The molecule has 0 heterocycles. The summed E-state index contributed by atoms with van der Waals surface area (Å²) in [4.78, 5) is 22.3. The lowest BCUT2D eigenvalue weighted by atomic mass is 10.1. The summed E-state index contributed by atoms with van der Waals surface area (Å²) in [5, 5.41) is 4.76. The van der Waals surface area contributed by atoms with E-state index in [9.17, 15) is 18.4 Å². The standard InChI is InChI=1S/C12H11F2N3O2/c1-2-3-16-6-11(18)17-10-4-7(12(15)19)8(13)5-9(10)14/h1,4-5,16H,3,6H2,(H2,15,19)(H,17,18). The zero-order chi connectivity index (χ0) is 14.4. The van der Waals surface area contributed by atoms with Crippen LogP contribution in [0, 0.1) is 24.0 Å². The van der Waals surface area contributed by atoms with E-state index in [0.29, 0.717) is 6.07 Å². The van der Waals surface area contributed by atoms with Gasteiger partial charge in [0.25, 0.3) is 5.91 Å². The molecule has 0 aromatic heterocycles. The first kappa shape index (κ1) is 14.6. The Kier molecular flexibility index (Phi) is 4.97. The monoisotopic (exact) mass is 267 g/mol. The third-order valence-electron chi connectivity index (χ3n) is 2.11. The van der Waals surface area contributed by atoms with E-state index in [1.165, 1.54) is 0 Å². The summed E-state index contributed by atoms with van der Waals surface area (Å²) in [5.41, 5.74) is 4.08. The molecule has 0 fully saturated rings. The molecule has 1 aromatic carbocycles. The number of rotatable bonds is 5. The smallest absolute Gasteiger partial charge is 0.251 e. The van der Waals surface area contributed by atoms with Crippen LogP contribution in [-0.4, -0.2) is 24.9 Å². The first-order valence-corrected chi connectivity index (χ1v) is 5.18. The van der Waals surface area contributed by atoms with Gasteiger partial charge in [-0.1, -0.05) is 5.92 Å². The van der Waals surface area contributed by atoms with E-state index >= 15 is 0 Å². The second kappa shape index (κ2) is 6.47. The Morgan fingerprint density at radius 2 is 2.00 bits per heavy atom. The molecule has 1 rings (SSSR count). The van der Waals surface area contributed by atoms with Crippen LogP contribution in [0.1, 0.15) is 10.4 Å². The van der Waals surface area contributed by atoms with Crippen molar-refractivity contribution >= 4 is 17.5 Å². The third kappa shape index (κ3) is 4.04. The molecule has 0 unspecified atom stereocenters. The van der Waals surface area contributed by atoms with E-state index in [4.69, 9.17) is 12.2 Å². The highest BCUT2D eigenvalue weighted by atomic mass is 19.1. The number of terminal acetylenes is 1. The summed E-state index contributed by atoms with van der Waals surface area (Å²) in [6.45, 7) is 0.0266. The van der Waals surface area contributed by atoms with Crippen molar-refractivity contribution in [2.24, 2.45) is 5.73 Å². The lowest BCUT2D eigenvalue weighted by Crippen LogP contribution is -2.28. The van der Waals surface area contributed by atoms with Gasteiger partial charge in [0.1, 0.15) is 11.6 Å². The molecule has 0 bridgehead atoms. The molecule has 0 saturated heterocycles. The van der Waals surface area contributed by atoms with Gasteiger partial charge in [-0.2, -0.15) is 0 Å². The van der Waals surface area contributed by atoms with Gasteiger partial charge in [0.15, 0.2) is 0 Å². The quantitative estimate of drug-likeness (QED) is 0.527. The van der Waals surface area contributed by atoms with Gasteiger partial charge in [0.2, 0.25) is 5.91 Å². The SMILES string of the molecule is C#CCNCC(=O)Nc1cc(C(N)=O)c(F)cc1F. The molecule has 0 aliphatic carbocycles. The molecule has 0 radical (unpaired) electrons. The molecule has 0 saturated carbocycles. The van der Waals surface area contributed by atoms with E-state index in [-0.39, 0.29) is 18.8 Å². The van der Waals surface area contributed by atoms with Crippen LogP contribution in [0.4, 0.5) is 14.5 Å². The average molecular weight is 267 g/mol. The van der Waals surface area contributed by atoms with Crippen molar-refractivity contribution in [3.05, 3.63) is 29.3 Å². The van der Waals surface area contributed by atoms with Crippen molar-refractivity contribution in [3.63, 3.8) is 0 Å². The molecule has 7 heteroatoms. The van der Waals surface area contributed by atoms with Crippen molar-refractivity contribution in [1.29, 1.82) is 0 Å². The number of hydrogen-bond acceptors (Lipinski definition) is 3. The molecule has 1 aromatic rings. The second-order valence-electron chi connectivity index (χ2n) is 3.53. The maximum atomic E-state index is 13.4. The van der Waals surface area contributed by atoms with Crippen LogP contribution in [0.15, 0.2) is 12.1 Å². The molecule has 100 valence electrons. The minimum Gasteiger partial charge on any atom is -0.366 e. The van der Waals surface area contributed by atoms with Gasteiger partial charge in [0, 0.05) is 6.07 Å². The molecule has 0 spiro atoms. The second-order valence-corrected chi connectivity index (χ2v) is 3.53. The predicted molar refractivity (Wildman–Crippen MR) is 65.2 cm³/mol.